The topological polar surface area (TPSA) is 68.0 Å². The number of carbonyl (C=O) groups is 1. The number of nitrogen functional groups attached to an aromatic ring is 1. The van der Waals surface area contributed by atoms with Gasteiger partial charge in [-0.1, -0.05) is 12.1 Å². The number of halogens is 6. The average molecular weight is 431 g/mol. The van der Waals surface area contributed by atoms with E-state index in [-0.39, 0.29) is 11.2 Å². The minimum Gasteiger partial charge on any atom is -0.399 e. The van der Waals surface area contributed by atoms with Crippen molar-refractivity contribution in [2.75, 3.05) is 11.1 Å². The van der Waals surface area contributed by atoms with Crippen molar-refractivity contribution in [3.63, 3.8) is 0 Å². The van der Waals surface area contributed by atoms with Gasteiger partial charge in [-0.3, -0.25) is 10.1 Å². The molecule has 0 unspecified atom stereocenters. The molecule has 3 N–H and O–H groups in total. The van der Waals surface area contributed by atoms with E-state index in [0.717, 1.165) is 11.3 Å². The lowest BCUT2D eigenvalue weighted by molar-refractivity contribution is -0.143. The number of carbonyl (C=O) groups excluding carboxylic acids is 1. The number of nitrogens with two attached hydrogens (primary N) is 1. The van der Waals surface area contributed by atoms with Gasteiger partial charge in [0, 0.05) is 22.2 Å². The van der Waals surface area contributed by atoms with Gasteiger partial charge in [-0.25, -0.2) is 4.98 Å². The maximum absolute atomic E-state index is 12.9. The Labute approximate surface area is 164 Å². The monoisotopic (exact) mass is 431 g/mol. The Hall–Kier alpha value is -3.08. The zero-order chi connectivity index (χ0) is 21.4. The summed E-state index contributed by atoms with van der Waals surface area (Å²) in [6, 6.07) is 7.35. The SMILES string of the molecule is Nc1cccc(-c2csc(NC(=O)c3cc(C(F)(F)F)cc(C(F)(F)F)c3)n2)c1. The van der Waals surface area contributed by atoms with Crippen molar-refractivity contribution in [1.29, 1.82) is 0 Å². The van der Waals surface area contributed by atoms with Crippen molar-refractivity contribution in [3.05, 3.63) is 64.5 Å². The van der Waals surface area contributed by atoms with Crippen LogP contribution in [0.25, 0.3) is 11.3 Å². The largest absolute Gasteiger partial charge is 0.416 e. The fourth-order valence-corrected chi connectivity index (χ4v) is 3.13. The Kier molecular flexibility index (Phi) is 5.26. The molecule has 0 saturated heterocycles. The molecule has 3 rings (SSSR count). The smallest absolute Gasteiger partial charge is 0.399 e. The highest BCUT2D eigenvalue weighted by molar-refractivity contribution is 7.14. The minimum absolute atomic E-state index is 0.0124. The first-order valence-electron chi connectivity index (χ1n) is 7.86. The Morgan fingerprint density at radius 2 is 1.59 bits per heavy atom. The first-order chi connectivity index (χ1) is 13.4. The van der Waals surface area contributed by atoms with E-state index < -0.39 is 35.0 Å². The summed E-state index contributed by atoms with van der Waals surface area (Å²) < 4.78 is 77.6. The standard InChI is InChI=1S/C18H11F6N3OS/c19-17(20,21)11-4-10(5-12(7-11)18(22,23)24)15(28)27-16-26-14(8-29-16)9-2-1-3-13(25)6-9/h1-8H,25H2,(H,26,27,28). The second-order valence-corrected chi connectivity index (χ2v) is 6.77. The second-order valence-electron chi connectivity index (χ2n) is 5.91. The van der Waals surface area contributed by atoms with Crippen molar-refractivity contribution in [1.82, 2.24) is 4.98 Å². The first-order valence-corrected chi connectivity index (χ1v) is 8.74. The molecule has 3 aromatic rings. The molecule has 0 aliphatic rings. The van der Waals surface area contributed by atoms with E-state index in [1.807, 2.05) is 0 Å². The molecule has 11 heteroatoms. The van der Waals surface area contributed by atoms with Gasteiger partial charge in [-0.2, -0.15) is 26.3 Å². The van der Waals surface area contributed by atoms with Crippen LogP contribution in [0.2, 0.25) is 0 Å². The molecular weight excluding hydrogens is 420 g/mol. The lowest BCUT2D eigenvalue weighted by Crippen LogP contribution is -2.17. The van der Waals surface area contributed by atoms with Crippen LogP contribution in [-0.4, -0.2) is 10.9 Å². The van der Waals surface area contributed by atoms with Crippen molar-refractivity contribution in [2.45, 2.75) is 12.4 Å². The maximum atomic E-state index is 12.9. The van der Waals surface area contributed by atoms with Gasteiger partial charge in [0.25, 0.3) is 5.91 Å². The molecule has 0 fully saturated rings. The van der Waals surface area contributed by atoms with Crippen LogP contribution in [-0.2, 0) is 12.4 Å². The van der Waals surface area contributed by atoms with Crippen LogP contribution >= 0.6 is 11.3 Å². The highest BCUT2D eigenvalue weighted by Crippen LogP contribution is 2.36. The van der Waals surface area contributed by atoms with Crippen molar-refractivity contribution >= 4 is 28.1 Å². The normalized spacial score (nSPS) is 12.1. The average Bonchev–Trinajstić information content (AvgIpc) is 3.08. The number of thiazole rings is 1. The number of benzene rings is 2. The van der Waals surface area contributed by atoms with Crippen LogP contribution in [0.4, 0.5) is 37.2 Å². The van der Waals surface area contributed by atoms with Gasteiger partial charge >= 0.3 is 12.4 Å². The molecule has 29 heavy (non-hydrogen) atoms. The van der Waals surface area contributed by atoms with Gasteiger partial charge in [-0.05, 0) is 30.3 Å². The number of nitrogens with one attached hydrogen (secondary N) is 1. The summed E-state index contributed by atoms with van der Waals surface area (Å²) in [5, 5.41) is 3.80. The van der Waals surface area contributed by atoms with Gasteiger partial charge in [0.1, 0.15) is 0 Å². The Bertz CT molecular complexity index is 1030. The molecule has 152 valence electrons. The van der Waals surface area contributed by atoms with E-state index in [0.29, 0.717) is 29.1 Å². The molecule has 1 aromatic heterocycles. The van der Waals surface area contributed by atoms with Gasteiger partial charge in [0.2, 0.25) is 0 Å². The molecule has 4 nitrogen and oxygen atoms in total. The van der Waals surface area contributed by atoms with Crippen molar-refractivity contribution < 1.29 is 31.1 Å². The zero-order valence-corrected chi connectivity index (χ0v) is 15.0. The molecule has 0 aliphatic heterocycles. The minimum atomic E-state index is -5.04. The third kappa shape index (κ3) is 4.86. The number of anilines is 2. The van der Waals surface area contributed by atoms with Crippen LogP contribution in [0, 0.1) is 0 Å². The summed E-state index contributed by atoms with van der Waals surface area (Å²) in [6.45, 7) is 0. The fourth-order valence-electron chi connectivity index (χ4n) is 2.42. The van der Waals surface area contributed by atoms with Gasteiger partial charge < -0.3 is 5.73 Å². The number of hydrogen-bond donors (Lipinski definition) is 2. The number of hydrogen-bond acceptors (Lipinski definition) is 4. The molecule has 0 spiro atoms. The summed E-state index contributed by atoms with van der Waals surface area (Å²) in [6.07, 6.45) is -10.1. The highest BCUT2D eigenvalue weighted by Gasteiger charge is 2.37. The number of amides is 1. The van der Waals surface area contributed by atoms with Crippen LogP contribution in [0.5, 0.6) is 0 Å². The fraction of sp³-hybridized carbons (Fsp3) is 0.111. The molecule has 0 atom stereocenters. The van der Waals surface area contributed by atoms with Crippen LogP contribution < -0.4 is 11.1 Å². The van der Waals surface area contributed by atoms with Crippen LogP contribution in [0.15, 0.2) is 47.8 Å². The zero-order valence-electron chi connectivity index (χ0n) is 14.2. The lowest BCUT2D eigenvalue weighted by Gasteiger charge is -2.13. The van der Waals surface area contributed by atoms with E-state index >= 15 is 0 Å². The molecule has 2 aromatic carbocycles. The molecule has 0 bridgehead atoms. The quantitative estimate of drug-likeness (QED) is 0.414. The predicted molar refractivity (Wildman–Crippen MR) is 96.4 cm³/mol. The number of aromatic nitrogens is 1. The number of rotatable bonds is 3. The molecular formula is C18H11F6N3OS. The molecule has 1 amide bonds. The number of nitrogens with zero attached hydrogens (tertiary/aromatic N) is 1. The van der Waals surface area contributed by atoms with E-state index in [1.54, 1.807) is 29.6 Å². The van der Waals surface area contributed by atoms with E-state index in [9.17, 15) is 31.1 Å². The first kappa shape index (κ1) is 20.6. The molecule has 0 aliphatic carbocycles. The van der Waals surface area contributed by atoms with E-state index in [1.165, 1.54) is 0 Å². The van der Waals surface area contributed by atoms with Crippen LogP contribution in [0.3, 0.4) is 0 Å². The Balaban J connectivity index is 1.89. The van der Waals surface area contributed by atoms with E-state index in [2.05, 4.69) is 10.3 Å². The summed E-state index contributed by atoms with van der Waals surface area (Å²) in [5.74, 6) is -1.14. The van der Waals surface area contributed by atoms with Gasteiger partial charge in [-0.15, -0.1) is 11.3 Å². The Morgan fingerprint density at radius 3 is 2.14 bits per heavy atom. The third-order valence-electron chi connectivity index (χ3n) is 3.76. The second kappa shape index (κ2) is 7.39. The molecule has 1 heterocycles. The number of alkyl halides is 6. The Morgan fingerprint density at radius 1 is 0.966 bits per heavy atom. The van der Waals surface area contributed by atoms with Crippen LogP contribution in [0.1, 0.15) is 21.5 Å². The highest BCUT2D eigenvalue weighted by atomic mass is 32.1. The van der Waals surface area contributed by atoms with E-state index in [4.69, 9.17) is 5.73 Å². The molecule has 0 saturated carbocycles. The summed E-state index contributed by atoms with van der Waals surface area (Å²) in [4.78, 5) is 16.4. The third-order valence-corrected chi connectivity index (χ3v) is 4.51. The van der Waals surface area contributed by atoms with Gasteiger partial charge in [0.05, 0.1) is 16.8 Å². The van der Waals surface area contributed by atoms with Crippen molar-refractivity contribution in [3.8, 4) is 11.3 Å². The molecule has 0 radical (unpaired) electrons. The summed E-state index contributed by atoms with van der Waals surface area (Å²) >= 11 is 0.964. The lowest BCUT2D eigenvalue weighted by atomic mass is 10.0. The van der Waals surface area contributed by atoms with Gasteiger partial charge in [0.15, 0.2) is 5.13 Å². The maximum Gasteiger partial charge on any atom is 0.416 e. The summed E-state index contributed by atoms with van der Waals surface area (Å²) in [7, 11) is 0. The summed E-state index contributed by atoms with van der Waals surface area (Å²) in [5.41, 5.74) is 3.31. The van der Waals surface area contributed by atoms with Crippen molar-refractivity contribution in [2.24, 2.45) is 0 Å². The predicted octanol–water partition coefficient (Wildman–Crippen LogP) is 5.68.